The first-order chi connectivity index (χ1) is 20.8. The maximum Gasteiger partial charge on any atom is 0.321 e. The molecule has 0 atom stereocenters. The second kappa shape index (κ2) is 12.3. The lowest BCUT2D eigenvalue weighted by molar-refractivity contribution is -0.137. The normalized spacial score (nSPS) is 17.1. The Hall–Kier alpha value is -4.03. The van der Waals surface area contributed by atoms with Gasteiger partial charge in [0, 0.05) is 61.4 Å². The molecule has 226 valence electrons. The molecule has 2 N–H and O–H groups in total. The molecule has 0 radical (unpaired) electrons. The van der Waals surface area contributed by atoms with Crippen LogP contribution in [-0.4, -0.2) is 93.4 Å². The molecule has 6 rings (SSSR count). The van der Waals surface area contributed by atoms with Crippen LogP contribution in [0.5, 0.6) is 0 Å². The molecule has 2 aliphatic carbocycles. The van der Waals surface area contributed by atoms with Crippen molar-refractivity contribution in [2.45, 2.75) is 50.9 Å². The third-order valence-corrected chi connectivity index (χ3v) is 8.51. The van der Waals surface area contributed by atoms with Gasteiger partial charge in [0.05, 0.1) is 17.1 Å². The zero-order chi connectivity index (χ0) is 30.1. The summed E-state index contributed by atoms with van der Waals surface area (Å²) in [4.78, 5) is 56.5. The minimum atomic E-state index is -0.592. The van der Waals surface area contributed by atoms with Crippen LogP contribution in [0.1, 0.15) is 41.7 Å². The second-order valence-corrected chi connectivity index (χ2v) is 11.7. The quantitative estimate of drug-likeness (QED) is 0.341. The number of fused-ring (bicyclic) bond motifs is 1. The van der Waals surface area contributed by atoms with Crippen molar-refractivity contribution in [3.8, 4) is 0 Å². The first-order valence-corrected chi connectivity index (χ1v) is 14.9. The molecule has 43 heavy (non-hydrogen) atoms. The van der Waals surface area contributed by atoms with Crippen molar-refractivity contribution in [3.05, 3.63) is 58.5 Å². The van der Waals surface area contributed by atoms with E-state index in [2.05, 4.69) is 20.6 Å². The zero-order valence-electron chi connectivity index (χ0n) is 23.6. The fourth-order valence-corrected chi connectivity index (χ4v) is 5.73. The molecule has 11 nitrogen and oxygen atoms in total. The zero-order valence-corrected chi connectivity index (χ0v) is 24.4. The number of halogens is 2. The number of rotatable bonds is 10. The maximum atomic E-state index is 14.2. The van der Waals surface area contributed by atoms with Crippen molar-refractivity contribution in [1.29, 1.82) is 0 Å². The Balaban J connectivity index is 1.09. The molecule has 4 amide bonds. The van der Waals surface area contributed by atoms with Crippen LogP contribution in [0.15, 0.2) is 36.4 Å². The van der Waals surface area contributed by atoms with Gasteiger partial charge >= 0.3 is 6.03 Å². The predicted octanol–water partition coefficient (Wildman–Crippen LogP) is 3.26. The van der Waals surface area contributed by atoms with Crippen molar-refractivity contribution < 1.29 is 23.6 Å². The van der Waals surface area contributed by atoms with Gasteiger partial charge in [0.25, 0.3) is 0 Å². The van der Waals surface area contributed by atoms with E-state index in [1.807, 2.05) is 0 Å². The lowest BCUT2D eigenvalue weighted by Crippen LogP contribution is -2.50. The average Bonchev–Trinajstić information content (AvgIpc) is 3.94. The number of anilines is 1. The van der Waals surface area contributed by atoms with Gasteiger partial charge in [0.1, 0.15) is 18.1 Å². The third-order valence-electron chi connectivity index (χ3n) is 8.22. The molecular formula is C30H33ClFN7O4. The number of nitrogens with one attached hydrogen (secondary N) is 2. The van der Waals surface area contributed by atoms with Gasteiger partial charge in [0.2, 0.25) is 11.8 Å². The number of carbonyl (C=O) groups excluding carboxylic acids is 4. The molecule has 1 aromatic heterocycles. The number of urea groups is 1. The number of nitrogens with zero attached hydrogens (tertiary/aromatic N) is 5. The summed E-state index contributed by atoms with van der Waals surface area (Å²) in [5.41, 5.74) is 1.49. The van der Waals surface area contributed by atoms with E-state index in [9.17, 15) is 23.6 Å². The summed E-state index contributed by atoms with van der Waals surface area (Å²) >= 11 is 5.82. The van der Waals surface area contributed by atoms with E-state index in [0.29, 0.717) is 42.0 Å². The molecule has 2 heterocycles. The number of aldehydes is 1. The lowest BCUT2D eigenvalue weighted by Gasteiger charge is -2.34. The molecule has 2 saturated carbocycles. The Morgan fingerprint density at radius 2 is 1.84 bits per heavy atom. The Kier molecular flexibility index (Phi) is 8.31. The van der Waals surface area contributed by atoms with Gasteiger partial charge in [-0.15, -0.1) is 0 Å². The van der Waals surface area contributed by atoms with E-state index >= 15 is 0 Å². The lowest BCUT2D eigenvalue weighted by atomic mass is 10.2. The van der Waals surface area contributed by atoms with Crippen LogP contribution in [0.25, 0.3) is 10.9 Å². The number of carbonyl (C=O) groups is 4. The number of piperazine rings is 1. The monoisotopic (exact) mass is 609 g/mol. The molecule has 13 heteroatoms. The Labute approximate surface area is 252 Å². The highest BCUT2D eigenvalue weighted by atomic mass is 35.5. The maximum absolute atomic E-state index is 14.2. The molecule has 3 aliphatic rings. The number of amides is 4. The van der Waals surface area contributed by atoms with Crippen molar-refractivity contribution in [3.63, 3.8) is 0 Å². The van der Waals surface area contributed by atoms with E-state index in [1.54, 1.807) is 29.2 Å². The molecule has 0 spiro atoms. The molecule has 3 fully saturated rings. The summed E-state index contributed by atoms with van der Waals surface area (Å²) in [6.07, 6.45) is 4.66. The standard InChI is InChI=1S/C30H33ClFN7O4/c31-24-3-1-2-19(29(24)32)15-33-27(41)16-38(22-7-8-22)28(42)17-39-26-9-4-20(14-23(26)25(18-40)35-39)34-30(43)37-12-10-36(11-13-37)21-5-6-21/h1-4,9,14,18,21-22H,5-8,10-13,15-17H2,(H,33,41)(H,34,43). The predicted molar refractivity (Wildman–Crippen MR) is 158 cm³/mol. The molecule has 3 aromatic rings. The average molecular weight is 610 g/mol. The van der Waals surface area contributed by atoms with Crippen LogP contribution in [0, 0.1) is 5.82 Å². The SMILES string of the molecule is O=Cc1nn(CC(=O)N(CC(=O)NCc2cccc(Cl)c2F)C2CC2)c2ccc(NC(=O)N3CCN(C4CC4)CC3)cc12. The number of aromatic nitrogens is 2. The number of hydrogen-bond donors (Lipinski definition) is 2. The van der Waals surface area contributed by atoms with E-state index in [-0.39, 0.29) is 53.9 Å². The molecule has 1 saturated heterocycles. The highest BCUT2D eigenvalue weighted by molar-refractivity contribution is 6.30. The summed E-state index contributed by atoms with van der Waals surface area (Å²) in [6, 6.07) is 10.1. The van der Waals surface area contributed by atoms with Crippen LogP contribution < -0.4 is 10.6 Å². The van der Waals surface area contributed by atoms with Crippen LogP contribution in [0.4, 0.5) is 14.9 Å². The van der Waals surface area contributed by atoms with Gasteiger partial charge in [-0.05, 0) is 49.9 Å². The smallest absolute Gasteiger partial charge is 0.321 e. The summed E-state index contributed by atoms with van der Waals surface area (Å²) in [6.45, 7) is 2.65. The fraction of sp³-hybridized carbons (Fsp3) is 0.433. The van der Waals surface area contributed by atoms with Crippen molar-refractivity contribution in [1.82, 2.24) is 29.8 Å². The first kappa shape index (κ1) is 29.1. The Morgan fingerprint density at radius 1 is 1.07 bits per heavy atom. The van der Waals surface area contributed by atoms with Crippen LogP contribution in [0.2, 0.25) is 5.02 Å². The van der Waals surface area contributed by atoms with Crippen LogP contribution in [-0.2, 0) is 22.7 Å². The third kappa shape index (κ3) is 6.65. The highest BCUT2D eigenvalue weighted by Crippen LogP contribution is 2.29. The van der Waals surface area contributed by atoms with Gasteiger partial charge < -0.3 is 20.4 Å². The minimum absolute atomic E-state index is 0.0284. The van der Waals surface area contributed by atoms with Crippen molar-refractivity contribution >= 4 is 52.3 Å². The van der Waals surface area contributed by atoms with Gasteiger partial charge in [0.15, 0.2) is 6.29 Å². The molecule has 0 bridgehead atoms. The minimum Gasteiger partial charge on any atom is -0.350 e. The summed E-state index contributed by atoms with van der Waals surface area (Å²) < 4.78 is 15.6. The molecule has 2 aromatic carbocycles. The number of hydrogen-bond acceptors (Lipinski definition) is 6. The van der Waals surface area contributed by atoms with Crippen LogP contribution >= 0.6 is 11.6 Å². The molecular weight excluding hydrogens is 577 g/mol. The summed E-state index contributed by atoms with van der Waals surface area (Å²) in [5.74, 6) is -1.34. The largest absolute Gasteiger partial charge is 0.350 e. The number of benzene rings is 2. The Morgan fingerprint density at radius 3 is 2.53 bits per heavy atom. The molecule has 0 unspecified atom stereocenters. The van der Waals surface area contributed by atoms with E-state index in [1.165, 1.54) is 34.6 Å². The van der Waals surface area contributed by atoms with Gasteiger partial charge in [-0.3, -0.25) is 24.0 Å². The highest BCUT2D eigenvalue weighted by Gasteiger charge is 2.35. The first-order valence-electron chi connectivity index (χ1n) is 14.6. The van der Waals surface area contributed by atoms with E-state index < -0.39 is 11.7 Å². The Bertz CT molecular complexity index is 1560. The van der Waals surface area contributed by atoms with Crippen molar-refractivity contribution in [2.24, 2.45) is 0 Å². The van der Waals surface area contributed by atoms with Crippen molar-refractivity contribution in [2.75, 3.05) is 38.0 Å². The van der Waals surface area contributed by atoms with E-state index in [4.69, 9.17) is 11.6 Å². The van der Waals surface area contributed by atoms with Gasteiger partial charge in [-0.1, -0.05) is 23.7 Å². The molecule has 1 aliphatic heterocycles. The van der Waals surface area contributed by atoms with Crippen LogP contribution in [0.3, 0.4) is 0 Å². The summed E-state index contributed by atoms with van der Waals surface area (Å²) in [5, 5.41) is 10.4. The topological polar surface area (TPSA) is 120 Å². The second-order valence-electron chi connectivity index (χ2n) is 11.3. The van der Waals surface area contributed by atoms with E-state index in [0.717, 1.165) is 25.9 Å². The van der Waals surface area contributed by atoms with Gasteiger partial charge in [-0.2, -0.15) is 5.10 Å². The summed E-state index contributed by atoms with van der Waals surface area (Å²) in [7, 11) is 0. The fourth-order valence-electron chi connectivity index (χ4n) is 5.54. The van der Waals surface area contributed by atoms with Gasteiger partial charge in [-0.25, -0.2) is 9.18 Å².